The van der Waals surface area contributed by atoms with Crippen LogP contribution in [0.25, 0.3) is 0 Å². The van der Waals surface area contributed by atoms with E-state index in [-0.39, 0.29) is 9.79 Å². The summed E-state index contributed by atoms with van der Waals surface area (Å²) >= 11 is 0. The maximum absolute atomic E-state index is 13.0. The second-order valence-corrected chi connectivity index (χ2v) is 5.48. The lowest BCUT2D eigenvalue weighted by atomic mass is 10.3. The standard InChI is InChI=1S/C12H10FNO2S/c13-9-3-1-5-11(7-9)17(15,16)12-6-2-4-10(14)8-12/h1-8H,14H2. The van der Waals surface area contributed by atoms with Crippen molar-refractivity contribution in [1.82, 2.24) is 0 Å². The van der Waals surface area contributed by atoms with E-state index in [0.29, 0.717) is 5.69 Å². The molecule has 0 aromatic heterocycles. The molecule has 0 atom stereocenters. The van der Waals surface area contributed by atoms with Crippen LogP contribution in [0.2, 0.25) is 0 Å². The van der Waals surface area contributed by atoms with E-state index in [9.17, 15) is 12.8 Å². The number of hydrogen-bond acceptors (Lipinski definition) is 3. The van der Waals surface area contributed by atoms with Gasteiger partial charge in [0.15, 0.2) is 0 Å². The summed E-state index contributed by atoms with van der Waals surface area (Å²) in [4.78, 5) is -0.0220. The van der Waals surface area contributed by atoms with Gasteiger partial charge in [-0.1, -0.05) is 12.1 Å². The van der Waals surface area contributed by atoms with Gasteiger partial charge in [-0.3, -0.25) is 0 Å². The first-order chi connectivity index (χ1) is 8.00. The van der Waals surface area contributed by atoms with Gasteiger partial charge in [-0.05, 0) is 36.4 Å². The van der Waals surface area contributed by atoms with Gasteiger partial charge in [0.2, 0.25) is 9.84 Å². The Morgan fingerprint density at radius 2 is 1.53 bits per heavy atom. The second kappa shape index (κ2) is 4.18. The summed E-state index contributed by atoms with van der Waals surface area (Å²) in [6.07, 6.45) is 0. The fourth-order valence-electron chi connectivity index (χ4n) is 1.45. The summed E-state index contributed by atoms with van der Waals surface area (Å²) < 4.78 is 37.2. The van der Waals surface area contributed by atoms with E-state index in [1.807, 2.05) is 0 Å². The van der Waals surface area contributed by atoms with Crippen molar-refractivity contribution in [3.8, 4) is 0 Å². The summed E-state index contributed by atoms with van der Waals surface area (Å²) in [6.45, 7) is 0. The minimum absolute atomic E-state index is 0.0584. The average molecular weight is 251 g/mol. The molecule has 2 aromatic carbocycles. The highest BCUT2D eigenvalue weighted by atomic mass is 32.2. The molecule has 2 N–H and O–H groups in total. The van der Waals surface area contributed by atoms with Crippen LogP contribution in [0.1, 0.15) is 0 Å². The number of hydrogen-bond donors (Lipinski definition) is 1. The molecule has 0 radical (unpaired) electrons. The third-order valence-electron chi connectivity index (χ3n) is 2.27. The molecular formula is C12H10FNO2S. The van der Waals surface area contributed by atoms with Gasteiger partial charge < -0.3 is 5.73 Å². The molecule has 3 nitrogen and oxygen atoms in total. The molecule has 0 amide bonds. The van der Waals surface area contributed by atoms with Gasteiger partial charge in [0.05, 0.1) is 9.79 Å². The molecule has 0 bridgehead atoms. The number of nitrogen functional groups attached to an aromatic ring is 1. The van der Waals surface area contributed by atoms with Crippen molar-refractivity contribution in [2.24, 2.45) is 0 Å². The number of benzene rings is 2. The van der Waals surface area contributed by atoms with Crippen LogP contribution >= 0.6 is 0 Å². The Kier molecular flexibility index (Phi) is 2.85. The largest absolute Gasteiger partial charge is 0.399 e. The monoisotopic (exact) mass is 251 g/mol. The lowest BCUT2D eigenvalue weighted by Crippen LogP contribution is -2.03. The fraction of sp³-hybridized carbons (Fsp3) is 0. The van der Waals surface area contributed by atoms with Gasteiger partial charge in [-0.2, -0.15) is 0 Å². The minimum Gasteiger partial charge on any atom is -0.399 e. The molecule has 0 heterocycles. The highest BCUT2D eigenvalue weighted by Gasteiger charge is 2.17. The molecule has 2 aromatic rings. The highest BCUT2D eigenvalue weighted by Crippen LogP contribution is 2.22. The van der Waals surface area contributed by atoms with Crippen molar-refractivity contribution in [1.29, 1.82) is 0 Å². The molecule has 17 heavy (non-hydrogen) atoms. The Morgan fingerprint density at radius 3 is 2.12 bits per heavy atom. The van der Waals surface area contributed by atoms with Crippen molar-refractivity contribution in [3.63, 3.8) is 0 Å². The lowest BCUT2D eigenvalue weighted by molar-refractivity contribution is 0.591. The second-order valence-electron chi connectivity index (χ2n) is 3.53. The van der Waals surface area contributed by atoms with Crippen molar-refractivity contribution in [2.75, 3.05) is 5.73 Å². The number of anilines is 1. The van der Waals surface area contributed by atoms with Crippen molar-refractivity contribution in [3.05, 3.63) is 54.3 Å². The molecule has 5 heteroatoms. The maximum atomic E-state index is 13.0. The van der Waals surface area contributed by atoms with Crippen LogP contribution < -0.4 is 5.73 Å². The predicted octanol–water partition coefficient (Wildman–Crippen LogP) is 2.24. The van der Waals surface area contributed by atoms with E-state index in [1.165, 1.54) is 30.3 Å². The van der Waals surface area contributed by atoms with Gasteiger partial charge in [0, 0.05) is 5.69 Å². The van der Waals surface area contributed by atoms with Gasteiger partial charge >= 0.3 is 0 Å². The Hall–Kier alpha value is -1.88. The lowest BCUT2D eigenvalue weighted by Gasteiger charge is -2.05. The zero-order chi connectivity index (χ0) is 12.5. The zero-order valence-corrected chi connectivity index (χ0v) is 9.62. The summed E-state index contributed by atoms with van der Waals surface area (Å²) in [6, 6.07) is 10.8. The van der Waals surface area contributed by atoms with E-state index in [4.69, 9.17) is 5.73 Å². The summed E-state index contributed by atoms with van der Waals surface area (Å²) in [5, 5.41) is 0. The quantitative estimate of drug-likeness (QED) is 0.833. The first-order valence-electron chi connectivity index (χ1n) is 4.86. The van der Waals surface area contributed by atoms with Crippen LogP contribution in [0.3, 0.4) is 0 Å². The van der Waals surface area contributed by atoms with Crippen LogP contribution in [0, 0.1) is 5.82 Å². The summed E-state index contributed by atoms with van der Waals surface area (Å²) in [7, 11) is -3.70. The fourth-order valence-corrected chi connectivity index (χ4v) is 2.80. The smallest absolute Gasteiger partial charge is 0.206 e. The molecule has 0 unspecified atom stereocenters. The van der Waals surface area contributed by atoms with Crippen LogP contribution in [0.4, 0.5) is 10.1 Å². The average Bonchev–Trinajstić information content (AvgIpc) is 2.29. The van der Waals surface area contributed by atoms with E-state index >= 15 is 0 Å². The molecule has 0 aliphatic carbocycles. The van der Waals surface area contributed by atoms with Gasteiger partial charge in [-0.15, -0.1) is 0 Å². The van der Waals surface area contributed by atoms with E-state index in [1.54, 1.807) is 12.1 Å². The molecule has 0 fully saturated rings. The van der Waals surface area contributed by atoms with Crippen LogP contribution in [0.15, 0.2) is 58.3 Å². The SMILES string of the molecule is Nc1cccc(S(=O)(=O)c2cccc(F)c2)c1. The van der Waals surface area contributed by atoms with Crippen LogP contribution in [0.5, 0.6) is 0 Å². The highest BCUT2D eigenvalue weighted by molar-refractivity contribution is 7.91. The molecule has 0 aliphatic heterocycles. The van der Waals surface area contributed by atoms with Gasteiger partial charge in [0.25, 0.3) is 0 Å². The zero-order valence-electron chi connectivity index (χ0n) is 8.80. The third kappa shape index (κ3) is 2.29. The van der Waals surface area contributed by atoms with Gasteiger partial charge in [0.1, 0.15) is 5.82 Å². The topological polar surface area (TPSA) is 60.2 Å². The Labute approximate surface area is 98.6 Å². The molecule has 0 spiro atoms. The van der Waals surface area contributed by atoms with E-state index in [0.717, 1.165) is 6.07 Å². The van der Waals surface area contributed by atoms with Crippen molar-refractivity contribution in [2.45, 2.75) is 9.79 Å². The Balaban J connectivity index is 2.58. The number of halogens is 1. The first-order valence-corrected chi connectivity index (χ1v) is 6.35. The third-order valence-corrected chi connectivity index (χ3v) is 4.02. The molecule has 88 valence electrons. The molecule has 0 aliphatic rings. The first kappa shape index (κ1) is 11.6. The van der Waals surface area contributed by atoms with Crippen LogP contribution in [-0.2, 0) is 9.84 Å². The molecule has 2 rings (SSSR count). The number of nitrogens with two attached hydrogens (primary N) is 1. The Bertz CT molecular complexity index is 602. The van der Waals surface area contributed by atoms with Crippen molar-refractivity contribution >= 4 is 15.5 Å². The molecule has 0 saturated carbocycles. The van der Waals surface area contributed by atoms with Crippen LogP contribution in [-0.4, -0.2) is 8.42 Å². The molecular weight excluding hydrogens is 241 g/mol. The number of sulfone groups is 1. The van der Waals surface area contributed by atoms with Gasteiger partial charge in [-0.25, -0.2) is 12.8 Å². The van der Waals surface area contributed by atoms with E-state index in [2.05, 4.69) is 0 Å². The maximum Gasteiger partial charge on any atom is 0.206 e. The van der Waals surface area contributed by atoms with Crippen molar-refractivity contribution < 1.29 is 12.8 Å². The minimum atomic E-state index is -3.70. The normalized spacial score (nSPS) is 11.4. The molecule has 0 saturated heterocycles. The summed E-state index contributed by atoms with van der Waals surface area (Å²) in [5.74, 6) is -0.588. The summed E-state index contributed by atoms with van der Waals surface area (Å²) in [5.41, 5.74) is 5.87. The Morgan fingerprint density at radius 1 is 0.941 bits per heavy atom. The van der Waals surface area contributed by atoms with E-state index < -0.39 is 15.7 Å². The number of rotatable bonds is 2. The predicted molar refractivity (Wildman–Crippen MR) is 62.7 cm³/mol.